The Labute approximate surface area is 88.0 Å². The van der Waals surface area contributed by atoms with E-state index in [1.165, 1.54) is 20.1 Å². The molecular weight excluding hydrogens is 197 g/mol. The third-order valence-electron chi connectivity index (χ3n) is 2.22. The highest BCUT2D eigenvalue weighted by molar-refractivity contribution is 5.81. The van der Waals surface area contributed by atoms with Gasteiger partial charge in [0.15, 0.2) is 0 Å². The fourth-order valence-corrected chi connectivity index (χ4v) is 1.20. The quantitative estimate of drug-likeness (QED) is 0.816. The SMILES string of the molecule is COc1ccc(CC(N)C(C)=O)c(F)c1. The van der Waals surface area contributed by atoms with E-state index in [9.17, 15) is 9.18 Å². The van der Waals surface area contributed by atoms with Gasteiger partial charge in [0.05, 0.1) is 13.2 Å². The predicted octanol–water partition coefficient (Wildman–Crippen LogP) is 1.29. The van der Waals surface area contributed by atoms with Gasteiger partial charge in [-0.25, -0.2) is 4.39 Å². The summed E-state index contributed by atoms with van der Waals surface area (Å²) in [5.41, 5.74) is 5.97. The molecule has 0 spiro atoms. The van der Waals surface area contributed by atoms with Crippen molar-refractivity contribution >= 4 is 5.78 Å². The third kappa shape index (κ3) is 3.02. The molecule has 0 bridgehead atoms. The monoisotopic (exact) mass is 211 g/mol. The van der Waals surface area contributed by atoms with Crippen LogP contribution in [0, 0.1) is 5.82 Å². The molecule has 4 heteroatoms. The molecule has 1 atom stereocenters. The first-order chi connectivity index (χ1) is 7.04. The maximum absolute atomic E-state index is 13.4. The Kier molecular flexibility index (Phi) is 3.80. The topological polar surface area (TPSA) is 52.3 Å². The molecule has 2 N–H and O–H groups in total. The van der Waals surface area contributed by atoms with Crippen molar-refractivity contribution in [2.75, 3.05) is 7.11 Å². The van der Waals surface area contributed by atoms with E-state index < -0.39 is 11.9 Å². The number of carbonyl (C=O) groups is 1. The second kappa shape index (κ2) is 4.89. The highest BCUT2D eigenvalue weighted by atomic mass is 19.1. The number of hydrogen-bond donors (Lipinski definition) is 1. The minimum atomic E-state index is -0.645. The van der Waals surface area contributed by atoms with Gasteiger partial charge in [-0.05, 0) is 25.0 Å². The molecule has 0 radical (unpaired) electrons. The van der Waals surface area contributed by atoms with E-state index in [0.29, 0.717) is 11.3 Å². The Bertz CT molecular complexity index is 366. The van der Waals surface area contributed by atoms with Gasteiger partial charge >= 0.3 is 0 Å². The number of Topliss-reactive ketones (excluding diaryl/α,β-unsaturated/α-hetero) is 1. The summed E-state index contributed by atoms with van der Waals surface area (Å²) in [5, 5.41) is 0. The highest BCUT2D eigenvalue weighted by Gasteiger charge is 2.12. The molecule has 0 aliphatic carbocycles. The third-order valence-corrected chi connectivity index (χ3v) is 2.22. The summed E-state index contributed by atoms with van der Waals surface area (Å²) in [6.07, 6.45) is 0.213. The zero-order valence-corrected chi connectivity index (χ0v) is 8.79. The lowest BCUT2D eigenvalue weighted by Gasteiger charge is -2.09. The standard InChI is InChI=1S/C11H14FNO2/c1-7(14)11(13)5-8-3-4-9(15-2)6-10(8)12/h3-4,6,11H,5,13H2,1-2H3. The molecule has 0 fully saturated rings. The average Bonchev–Trinajstić information content (AvgIpc) is 2.20. The fourth-order valence-electron chi connectivity index (χ4n) is 1.20. The Morgan fingerprint density at radius 2 is 2.27 bits per heavy atom. The van der Waals surface area contributed by atoms with Crippen LogP contribution in [0.3, 0.4) is 0 Å². The summed E-state index contributed by atoms with van der Waals surface area (Å²) in [7, 11) is 1.47. The number of nitrogens with two attached hydrogens (primary N) is 1. The summed E-state index contributed by atoms with van der Waals surface area (Å²) in [6, 6.07) is 3.86. The largest absolute Gasteiger partial charge is 0.497 e. The smallest absolute Gasteiger partial charge is 0.146 e. The lowest BCUT2D eigenvalue weighted by Crippen LogP contribution is -2.30. The molecule has 1 rings (SSSR count). The van der Waals surface area contributed by atoms with Gasteiger partial charge in [0.2, 0.25) is 0 Å². The van der Waals surface area contributed by atoms with Crippen LogP contribution in [0.5, 0.6) is 5.75 Å². The molecule has 0 amide bonds. The fraction of sp³-hybridized carbons (Fsp3) is 0.364. The van der Waals surface area contributed by atoms with E-state index in [0.717, 1.165) is 0 Å². The Balaban J connectivity index is 2.82. The van der Waals surface area contributed by atoms with E-state index in [-0.39, 0.29) is 12.2 Å². The first-order valence-corrected chi connectivity index (χ1v) is 4.63. The molecule has 0 aliphatic heterocycles. The van der Waals surface area contributed by atoms with Crippen LogP contribution in [0.4, 0.5) is 4.39 Å². The van der Waals surface area contributed by atoms with Gasteiger partial charge in [-0.1, -0.05) is 6.07 Å². The molecule has 1 unspecified atom stereocenters. The summed E-state index contributed by atoms with van der Waals surface area (Å²) in [5.74, 6) is -0.0936. The number of rotatable bonds is 4. The zero-order valence-electron chi connectivity index (χ0n) is 8.79. The van der Waals surface area contributed by atoms with E-state index in [4.69, 9.17) is 10.5 Å². The van der Waals surface area contributed by atoms with Crippen molar-refractivity contribution in [2.45, 2.75) is 19.4 Å². The van der Waals surface area contributed by atoms with Gasteiger partial charge in [0, 0.05) is 6.07 Å². The van der Waals surface area contributed by atoms with Gasteiger partial charge < -0.3 is 10.5 Å². The van der Waals surface area contributed by atoms with Crippen LogP contribution >= 0.6 is 0 Å². The number of benzene rings is 1. The normalized spacial score (nSPS) is 12.3. The maximum Gasteiger partial charge on any atom is 0.146 e. The van der Waals surface area contributed by atoms with Crippen LogP contribution in [-0.2, 0) is 11.2 Å². The molecule has 15 heavy (non-hydrogen) atoms. The first-order valence-electron chi connectivity index (χ1n) is 4.63. The summed E-state index contributed by atoms with van der Waals surface area (Å²) < 4.78 is 18.3. The number of carbonyl (C=O) groups excluding carboxylic acids is 1. The minimum Gasteiger partial charge on any atom is -0.497 e. The summed E-state index contributed by atoms with van der Waals surface area (Å²) >= 11 is 0. The number of ketones is 1. The molecule has 82 valence electrons. The molecule has 0 saturated heterocycles. The summed E-state index contributed by atoms with van der Waals surface area (Å²) in [6.45, 7) is 1.39. The zero-order chi connectivity index (χ0) is 11.4. The van der Waals surface area contributed by atoms with Gasteiger partial charge in [-0.15, -0.1) is 0 Å². The van der Waals surface area contributed by atoms with Crippen LogP contribution in [-0.4, -0.2) is 18.9 Å². The van der Waals surface area contributed by atoms with Crippen LogP contribution in [0.25, 0.3) is 0 Å². The van der Waals surface area contributed by atoms with Crippen LogP contribution in [0.1, 0.15) is 12.5 Å². The summed E-state index contributed by atoms with van der Waals surface area (Å²) in [4.78, 5) is 10.9. The van der Waals surface area contributed by atoms with Gasteiger partial charge in [0.1, 0.15) is 17.3 Å². The highest BCUT2D eigenvalue weighted by Crippen LogP contribution is 2.17. The minimum absolute atomic E-state index is 0.148. The second-order valence-electron chi connectivity index (χ2n) is 3.38. The van der Waals surface area contributed by atoms with Gasteiger partial charge in [0.25, 0.3) is 0 Å². The van der Waals surface area contributed by atoms with Crippen molar-refractivity contribution in [3.05, 3.63) is 29.6 Å². The molecule has 1 aromatic rings. The van der Waals surface area contributed by atoms with Crippen molar-refractivity contribution < 1.29 is 13.9 Å². The van der Waals surface area contributed by atoms with E-state index >= 15 is 0 Å². The van der Waals surface area contributed by atoms with E-state index in [1.807, 2.05) is 0 Å². The first kappa shape index (κ1) is 11.7. The van der Waals surface area contributed by atoms with Gasteiger partial charge in [-0.3, -0.25) is 4.79 Å². The number of hydrogen-bond acceptors (Lipinski definition) is 3. The molecular formula is C11H14FNO2. The molecule has 3 nitrogen and oxygen atoms in total. The van der Waals surface area contributed by atoms with Crippen LogP contribution in [0.15, 0.2) is 18.2 Å². The van der Waals surface area contributed by atoms with Crippen molar-refractivity contribution in [3.63, 3.8) is 0 Å². The molecule has 0 heterocycles. The molecule has 0 saturated carbocycles. The van der Waals surface area contributed by atoms with Crippen molar-refractivity contribution in [3.8, 4) is 5.75 Å². The van der Waals surface area contributed by atoms with Crippen molar-refractivity contribution in [1.82, 2.24) is 0 Å². The number of halogens is 1. The van der Waals surface area contributed by atoms with Crippen LogP contribution in [0.2, 0.25) is 0 Å². The Morgan fingerprint density at radius 3 is 2.73 bits per heavy atom. The Hall–Kier alpha value is -1.42. The lowest BCUT2D eigenvalue weighted by molar-refractivity contribution is -0.118. The van der Waals surface area contributed by atoms with Gasteiger partial charge in [-0.2, -0.15) is 0 Å². The molecule has 0 aromatic heterocycles. The van der Waals surface area contributed by atoms with Crippen molar-refractivity contribution in [1.29, 1.82) is 0 Å². The maximum atomic E-state index is 13.4. The van der Waals surface area contributed by atoms with Crippen molar-refractivity contribution in [2.24, 2.45) is 5.73 Å². The average molecular weight is 211 g/mol. The van der Waals surface area contributed by atoms with Crippen LogP contribution < -0.4 is 10.5 Å². The van der Waals surface area contributed by atoms with E-state index in [2.05, 4.69) is 0 Å². The number of ether oxygens (including phenoxy) is 1. The Morgan fingerprint density at radius 1 is 1.60 bits per heavy atom. The molecule has 1 aromatic carbocycles. The lowest BCUT2D eigenvalue weighted by atomic mass is 10.0. The predicted molar refractivity (Wildman–Crippen MR) is 55.3 cm³/mol. The number of methoxy groups -OCH3 is 1. The van der Waals surface area contributed by atoms with E-state index in [1.54, 1.807) is 12.1 Å². The second-order valence-corrected chi connectivity index (χ2v) is 3.38. The molecule has 0 aliphatic rings.